The minimum Gasteiger partial charge on any atom is -0.466 e. The second kappa shape index (κ2) is 12.0. The van der Waals surface area contributed by atoms with Crippen molar-refractivity contribution in [2.45, 2.75) is 51.5 Å². The molecule has 0 spiro atoms. The SMILES string of the molecule is CCOC(=O)CCC(=O)N1CCN(C(C(=O)NCCOC)C2CCCC2)CC1. The van der Waals surface area contributed by atoms with Gasteiger partial charge in [0.15, 0.2) is 0 Å². The van der Waals surface area contributed by atoms with E-state index in [1.807, 2.05) is 0 Å². The first kappa shape index (κ1) is 22.6. The third-order valence-corrected chi connectivity index (χ3v) is 5.63. The van der Waals surface area contributed by atoms with E-state index in [0.717, 1.165) is 12.8 Å². The molecule has 1 heterocycles. The van der Waals surface area contributed by atoms with E-state index in [1.165, 1.54) is 12.8 Å². The fourth-order valence-corrected chi connectivity index (χ4v) is 4.18. The smallest absolute Gasteiger partial charge is 0.306 e. The Bertz CT molecular complexity index is 514. The number of piperazine rings is 1. The van der Waals surface area contributed by atoms with Crippen molar-refractivity contribution in [3.63, 3.8) is 0 Å². The van der Waals surface area contributed by atoms with Gasteiger partial charge in [-0.3, -0.25) is 19.3 Å². The molecule has 2 fully saturated rings. The maximum Gasteiger partial charge on any atom is 0.306 e. The number of hydrogen-bond acceptors (Lipinski definition) is 6. The molecule has 0 aromatic rings. The van der Waals surface area contributed by atoms with E-state index >= 15 is 0 Å². The number of hydrogen-bond donors (Lipinski definition) is 1. The van der Waals surface area contributed by atoms with Gasteiger partial charge >= 0.3 is 5.97 Å². The van der Waals surface area contributed by atoms with Gasteiger partial charge in [0.2, 0.25) is 11.8 Å². The van der Waals surface area contributed by atoms with E-state index < -0.39 is 0 Å². The summed E-state index contributed by atoms with van der Waals surface area (Å²) in [5, 5.41) is 3.00. The summed E-state index contributed by atoms with van der Waals surface area (Å²) < 4.78 is 9.91. The third-order valence-electron chi connectivity index (χ3n) is 5.63. The highest BCUT2D eigenvalue weighted by Crippen LogP contribution is 2.31. The molecule has 8 nitrogen and oxygen atoms in total. The van der Waals surface area contributed by atoms with Gasteiger partial charge in [-0.05, 0) is 25.7 Å². The summed E-state index contributed by atoms with van der Waals surface area (Å²) in [5.41, 5.74) is 0. The molecule has 2 amide bonds. The van der Waals surface area contributed by atoms with Crippen LogP contribution in [-0.4, -0.2) is 86.7 Å². The van der Waals surface area contributed by atoms with Crippen LogP contribution in [0.15, 0.2) is 0 Å². The molecule has 2 aliphatic rings. The predicted molar refractivity (Wildman–Crippen MR) is 105 cm³/mol. The molecule has 1 N–H and O–H groups in total. The van der Waals surface area contributed by atoms with Gasteiger partial charge in [-0.15, -0.1) is 0 Å². The van der Waals surface area contributed by atoms with Crippen LogP contribution in [0.25, 0.3) is 0 Å². The van der Waals surface area contributed by atoms with Crippen LogP contribution in [-0.2, 0) is 23.9 Å². The van der Waals surface area contributed by atoms with Crippen LogP contribution in [0.5, 0.6) is 0 Å². The summed E-state index contributed by atoms with van der Waals surface area (Å²) in [6.07, 6.45) is 4.83. The Morgan fingerprint density at radius 2 is 1.75 bits per heavy atom. The zero-order chi connectivity index (χ0) is 20.4. The minimum absolute atomic E-state index is 0.0188. The number of ether oxygens (including phenoxy) is 2. The van der Waals surface area contributed by atoms with E-state index in [9.17, 15) is 14.4 Å². The normalized spacial score (nSPS) is 19.4. The standard InChI is InChI=1S/C20H35N3O5/c1-3-28-18(25)9-8-17(24)22-11-13-23(14-12-22)19(16-6-4-5-7-16)20(26)21-10-15-27-2/h16,19H,3-15H2,1-2H3,(H,21,26). The van der Waals surface area contributed by atoms with Gasteiger partial charge in [-0.1, -0.05) is 12.8 Å². The van der Waals surface area contributed by atoms with Crippen molar-refractivity contribution in [2.24, 2.45) is 5.92 Å². The molecule has 1 atom stereocenters. The molecule has 0 bridgehead atoms. The van der Waals surface area contributed by atoms with Crippen molar-refractivity contribution in [1.29, 1.82) is 0 Å². The van der Waals surface area contributed by atoms with Gasteiger partial charge in [-0.2, -0.15) is 0 Å². The highest BCUT2D eigenvalue weighted by molar-refractivity contribution is 5.83. The van der Waals surface area contributed by atoms with Gasteiger partial charge in [0, 0.05) is 46.3 Å². The van der Waals surface area contributed by atoms with Crippen LogP contribution in [0.3, 0.4) is 0 Å². The first-order valence-corrected chi connectivity index (χ1v) is 10.5. The highest BCUT2D eigenvalue weighted by Gasteiger charge is 2.37. The minimum atomic E-state index is -0.330. The van der Waals surface area contributed by atoms with E-state index in [4.69, 9.17) is 9.47 Å². The van der Waals surface area contributed by atoms with E-state index in [1.54, 1.807) is 18.9 Å². The largest absolute Gasteiger partial charge is 0.466 e. The first-order valence-electron chi connectivity index (χ1n) is 10.5. The molecule has 1 saturated carbocycles. The van der Waals surface area contributed by atoms with Crippen LogP contribution in [0.2, 0.25) is 0 Å². The van der Waals surface area contributed by atoms with Crippen LogP contribution < -0.4 is 5.32 Å². The van der Waals surface area contributed by atoms with Crippen molar-refractivity contribution in [1.82, 2.24) is 15.1 Å². The molecule has 0 aromatic heterocycles. The molecule has 1 saturated heterocycles. The van der Waals surface area contributed by atoms with Crippen LogP contribution in [0, 0.1) is 5.92 Å². The van der Waals surface area contributed by atoms with E-state index in [-0.39, 0.29) is 36.7 Å². The first-order chi connectivity index (χ1) is 13.6. The molecule has 28 heavy (non-hydrogen) atoms. The summed E-state index contributed by atoms with van der Waals surface area (Å²) in [5.74, 6) is 0.109. The Labute approximate surface area is 167 Å². The monoisotopic (exact) mass is 397 g/mol. The lowest BCUT2D eigenvalue weighted by Crippen LogP contribution is -2.58. The fraction of sp³-hybridized carbons (Fsp3) is 0.850. The maximum atomic E-state index is 12.8. The van der Waals surface area contributed by atoms with Crippen molar-refractivity contribution in [3.8, 4) is 0 Å². The lowest BCUT2D eigenvalue weighted by atomic mass is 9.95. The van der Waals surface area contributed by atoms with Crippen LogP contribution in [0.1, 0.15) is 45.4 Å². The second-order valence-corrected chi connectivity index (χ2v) is 7.49. The average molecular weight is 398 g/mol. The van der Waals surface area contributed by atoms with Gasteiger partial charge in [0.25, 0.3) is 0 Å². The molecule has 1 aliphatic carbocycles. The Kier molecular flexibility index (Phi) is 9.70. The topological polar surface area (TPSA) is 88.2 Å². The number of carbonyl (C=O) groups is 3. The summed E-state index contributed by atoms with van der Waals surface area (Å²) in [6.45, 7) is 5.67. The molecule has 1 unspecified atom stereocenters. The van der Waals surface area contributed by atoms with E-state index in [0.29, 0.717) is 51.9 Å². The van der Waals surface area contributed by atoms with Gasteiger partial charge in [-0.25, -0.2) is 0 Å². The number of methoxy groups -OCH3 is 1. The molecule has 1 aliphatic heterocycles. The molecular weight excluding hydrogens is 362 g/mol. The number of amides is 2. The molecular formula is C20H35N3O5. The number of nitrogens with zero attached hydrogens (tertiary/aromatic N) is 2. The number of esters is 1. The molecule has 0 aromatic carbocycles. The Morgan fingerprint density at radius 1 is 1.07 bits per heavy atom. The summed E-state index contributed by atoms with van der Waals surface area (Å²) in [7, 11) is 1.62. The average Bonchev–Trinajstić information content (AvgIpc) is 3.21. The van der Waals surface area contributed by atoms with Gasteiger partial charge in [0.05, 0.1) is 25.7 Å². The maximum absolute atomic E-state index is 12.8. The third kappa shape index (κ3) is 6.74. The Morgan fingerprint density at radius 3 is 2.36 bits per heavy atom. The predicted octanol–water partition coefficient (Wildman–Crippen LogP) is 0.795. The number of carbonyl (C=O) groups excluding carboxylic acids is 3. The highest BCUT2D eigenvalue weighted by atomic mass is 16.5. The van der Waals surface area contributed by atoms with Crippen LogP contribution in [0.4, 0.5) is 0 Å². The van der Waals surface area contributed by atoms with Crippen molar-refractivity contribution in [3.05, 3.63) is 0 Å². The van der Waals surface area contributed by atoms with Gasteiger partial charge in [0.1, 0.15) is 0 Å². The molecule has 8 heteroatoms. The lowest BCUT2D eigenvalue weighted by molar-refractivity contribution is -0.146. The quantitative estimate of drug-likeness (QED) is 0.433. The summed E-state index contributed by atoms with van der Waals surface area (Å²) in [4.78, 5) is 40.6. The number of rotatable bonds is 10. The fourth-order valence-electron chi connectivity index (χ4n) is 4.18. The lowest BCUT2D eigenvalue weighted by Gasteiger charge is -2.40. The Hall–Kier alpha value is -1.67. The molecule has 2 rings (SSSR count). The number of nitrogens with one attached hydrogen (secondary N) is 1. The van der Waals surface area contributed by atoms with Crippen molar-refractivity contribution >= 4 is 17.8 Å². The Balaban J connectivity index is 1.85. The van der Waals surface area contributed by atoms with Gasteiger partial charge < -0.3 is 19.7 Å². The van der Waals surface area contributed by atoms with E-state index in [2.05, 4.69) is 10.2 Å². The molecule has 160 valence electrons. The zero-order valence-electron chi connectivity index (χ0n) is 17.3. The summed E-state index contributed by atoms with van der Waals surface area (Å²) >= 11 is 0. The van der Waals surface area contributed by atoms with Crippen molar-refractivity contribution in [2.75, 3.05) is 53.0 Å². The molecule has 0 radical (unpaired) electrons. The van der Waals surface area contributed by atoms with Crippen LogP contribution >= 0.6 is 0 Å². The zero-order valence-corrected chi connectivity index (χ0v) is 17.3. The summed E-state index contributed by atoms with van der Waals surface area (Å²) in [6, 6.07) is -0.129. The van der Waals surface area contributed by atoms with Crippen molar-refractivity contribution < 1.29 is 23.9 Å². The second-order valence-electron chi connectivity index (χ2n) is 7.49.